The van der Waals surface area contributed by atoms with Crippen LogP contribution in [0.15, 0.2) is 169 Å². The van der Waals surface area contributed by atoms with Gasteiger partial charge in [-0.2, -0.15) is 0 Å². The summed E-state index contributed by atoms with van der Waals surface area (Å²) in [5, 5.41) is 5.55. The van der Waals surface area contributed by atoms with Gasteiger partial charge in [0.25, 0.3) is 0 Å². The third-order valence-electron chi connectivity index (χ3n) is 7.34. The summed E-state index contributed by atoms with van der Waals surface area (Å²) in [6.45, 7) is 2.08. The fraction of sp³-hybridized carbons (Fsp3) is 0.0233. The molecule has 16 heteroatoms. The first-order valence-corrected chi connectivity index (χ1v) is 25.0. The van der Waals surface area contributed by atoms with Crippen molar-refractivity contribution >= 4 is 67.1 Å². The Bertz CT molecular complexity index is 1880. The molecular weight excluding hydrogens is 1120 g/mol. The zero-order chi connectivity index (χ0) is 41.9. The molecule has 0 aromatic heterocycles. The van der Waals surface area contributed by atoms with Crippen LogP contribution in [0.2, 0.25) is 0 Å². The van der Waals surface area contributed by atoms with Gasteiger partial charge in [-0.3, -0.25) is 0 Å². The van der Waals surface area contributed by atoms with Crippen molar-refractivity contribution < 1.29 is 63.3 Å². The Hall–Kier alpha value is -3.71. The summed E-state index contributed by atoms with van der Waals surface area (Å²) >= 11 is -11.2. The van der Waals surface area contributed by atoms with E-state index in [0.29, 0.717) is 0 Å². The molecule has 0 aliphatic heterocycles. The van der Waals surface area contributed by atoms with Crippen LogP contribution in [0.5, 0.6) is 0 Å². The number of hydrogen-bond donors (Lipinski definition) is 0. The quantitative estimate of drug-likeness (QED) is 0.0675. The van der Waals surface area contributed by atoms with E-state index in [4.69, 9.17) is 0 Å². The van der Waals surface area contributed by atoms with E-state index < -0.39 is 35.3 Å². The Kier molecular flexibility index (Phi) is 18.9. The standard InChI is InChI=1S/2C18H12F3P.C6H7.CH3.6FH.Ir.Sb/c2*19-13-1-7-16(8-2-13)22(17-9-3-14(20)4-10-17)18-11-5-15(21)6-12-18;1-6-4-2-3-5-6;;;;;;;;;/h2*1-12H;2-5H,1H3;1H3;6*1H;;/q;;;-1;;;;;;;;+5/p-6. The molecule has 0 unspecified atom stereocenters. The Morgan fingerprint density at radius 2 is 0.525 bits per heavy atom. The second-order valence-corrected chi connectivity index (χ2v) is 21.9. The normalized spacial score (nSPS) is 12.8. The molecule has 59 heavy (non-hydrogen) atoms. The first kappa shape index (κ1) is 51.4. The van der Waals surface area contributed by atoms with Crippen LogP contribution in [-0.2, 0) is 20.1 Å². The minimum Gasteiger partial charge on any atom is 0 e. The summed E-state index contributed by atoms with van der Waals surface area (Å²) in [5.41, 5.74) is 1.34. The van der Waals surface area contributed by atoms with Crippen molar-refractivity contribution in [3.63, 3.8) is 0 Å². The fourth-order valence-electron chi connectivity index (χ4n) is 4.91. The van der Waals surface area contributed by atoms with Gasteiger partial charge in [0.15, 0.2) is 0 Å². The third kappa shape index (κ3) is 19.5. The van der Waals surface area contributed by atoms with E-state index >= 15 is 0 Å². The maximum atomic E-state index is 13.2. The van der Waals surface area contributed by atoms with Gasteiger partial charge in [0.2, 0.25) is 0 Å². The van der Waals surface area contributed by atoms with Gasteiger partial charge in [0, 0.05) is 26.5 Å². The molecule has 6 aromatic rings. The molecule has 1 aliphatic rings. The van der Waals surface area contributed by atoms with Crippen LogP contribution < -0.4 is 31.8 Å². The van der Waals surface area contributed by atoms with Gasteiger partial charge < -0.3 is 7.43 Å². The van der Waals surface area contributed by atoms with Crippen molar-refractivity contribution in [2.75, 3.05) is 0 Å². The van der Waals surface area contributed by atoms with E-state index in [1.165, 1.54) is 78.4 Å². The maximum absolute atomic E-state index is 13.2. The number of benzene rings is 6. The zero-order valence-electron chi connectivity index (χ0n) is 30.9. The van der Waals surface area contributed by atoms with Crippen LogP contribution in [0.1, 0.15) is 6.92 Å². The number of hydrogen-bond acceptors (Lipinski definition) is 0. The van der Waals surface area contributed by atoms with Crippen molar-refractivity contribution in [2.45, 2.75) is 6.92 Å². The molecule has 0 heterocycles. The van der Waals surface area contributed by atoms with Gasteiger partial charge in [0.1, 0.15) is 34.9 Å². The Labute approximate surface area is 353 Å². The molecule has 0 atom stereocenters. The molecule has 1 aliphatic carbocycles. The van der Waals surface area contributed by atoms with E-state index in [1.54, 1.807) is 72.8 Å². The van der Waals surface area contributed by atoms with E-state index in [-0.39, 0.29) is 62.4 Å². The molecule has 316 valence electrons. The predicted octanol–water partition coefficient (Wildman–Crippen LogP) is 12.0. The zero-order valence-corrected chi connectivity index (χ0v) is 37.6. The SMILES string of the molecule is CC1=C[CH]C=C1.Fc1ccc(P(c2ccc(F)cc2)c2ccc(F)cc2)cc1.Fc1ccc(P(c2ccc(F)cc2)c2ccc(F)cc2)cc1.[CH3-].[F][Sb-]([F])([F])([F])([F])[F].[Ir]. The van der Waals surface area contributed by atoms with Crippen molar-refractivity contribution in [1.29, 1.82) is 0 Å². The molecule has 7 rings (SSSR count). The molecule has 0 N–H and O–H groups in total. The van der Waals surface area contributed by atoms with Crippen LogP contribution in [0.4, 0.5) is 43.2 Å². The number of halogens is 12. The van der Waals surface area contributed by atoms with Crippen molar-refractivity contribution in [3.05, 3.63) is 218 Å². The van der Waals surface area contributed by atoms with Crippen LogP contribution >= 0.6 is 15.8 Å². The van der Waals surface area contributed by atoms with Gasteiger partial charge >= 0.3 is 36.4 Å². The summed E-state index contributed by atoms with van der Waals surface area (Å²) in [5.74, 6) is -1.85. The monoisotopic (exact) mass is 1150 g/mol. The van der Waals surface area contributed by atoms with Crippen molar-refractivity contribution in [1.82, 2.24) is 0 Å². The van der Waals surface area contributed by atoms with Crippen molar-refractivity contribution in [3.8, 4) is 0 Å². The summed E-state index contributed by atoms with van der Waals surface area (Å²) in [6, 6.07) is 37.4. The average molecular weight is 1150 g/mol. The molecule has 0 saturated carbocycles. The smallest absolute Gasteiger partial charge is 0 e. The summed E-state index contributed by atoms with van der Waals surface area (Å²) < 4.78 is 139. The molecule has 0 saturated heterocycles. The largest absolute Gasteiger partial charge is 0 e. The molecule has 0 bridgehead atoms. The van der Waals surface area contributed by atoms with E-state index in [1.807, 2.05) is 12.5 Å². The third-order valence-corrected chi connectivity index (χ3v) is 12.2. The van der Waals surface area contributed by atoms with Gasteiger partial charge in [-0.15, -0.1) is 0 Å². The second-order valence-electron chi connectivity index (χ2n) is 11.9. The number of rotatable bonds is 6. The summed E-state index contributed by atoms with van der Waals surface area (Å²) in [7, 11) is -1.97. The van der Waals surface area contributed by atoms with Crippen molar-refractivity contribution in [2.24, 2.45) is 0 Å². The van der Waals surface area contributed by atoms with Gasteiger partial charge in [-0.05, 0) is 127 Å². The van der Waals surface area contributed by atoms with Crippen LogP contribution in [-0.4, -0.2) is 19.5 Å². The Balaban J connectivity index is 0.000000305. The predicted molar refractivity (Wildman–Crippen MR) is 216 cm³/mol. The fourth-order valence-corrected chi connectivity index (χ4v) is 9.38. The summed E-state index contributed by atoms with van der Waals surface area (Å²) in [6.07, 6.45) is 8.24. The van der Waals surface area contributed by atoms with Gasteiger partial charge in [0.05, 0.1) is 0 Å². The molecule has 0 spiro atoms. The Morgan fingerprint density at radius 3 is 0.627 bits per heavy atom. The second kappa shape index (κ2) is 21.7. The van der Waals surface area contributed by atoms with Crippen LogP contribution in [0.25, 0.3) is 0 Å². The van der Waals surface area contributed by atoms with E-state index in [0.717, 1.165) is 31.8 Å². The van der Waals surface area contributed by atoms with Crippen LogP contribution in [0, 0.1) is 48.8 Å². The average Bonchev–Trinajstić information content (AvgIpc) is 3.63. The topological polar surface area (TPSA) is 0 Å². The molecule has 0 amide bonds. The number of allylic oxidation sites excluding steroid dienone is 4. The summed E-state index contributed by atoms with van der Waals surface area (Å²) in [4.78, 5) is 0. The van der Waals surface area contributed by atoms with E-state index in [2.05, 4.69) is 19.1 Å². The van der Waals surface area contributed by atoms with Gasteiger partial charge in [-0.25, -0.2) is 26.3 Å². The molecule has 2 radical (unpaired) electrons. The Morgan fingerprint density at radius 1 is 0.356 bits per heavy atom. The molecule has 6 aromatic carbocycles. The van der Waals surface area contributed by atoms with Gasteiger partial charge in [-0.1, -0.05) is 96.6 Å². The van der Waals surface area contributed by atoms with Crippen LogP contribution in [0.3, 0.4) is 0 Å². The molecule has 0 nitrogen and oxygen atoms in total. The minimum atomic E-state index is -11.2. The van der Waals surface area contributed by atoms with E-state index in [9.17, 15) is 43.2 Å². The maximum Gasteiger partial charge on any atom is 0 e. The molecular formula is C43H34F12IrP2Sb-2. The minimum absolute atomic E-state index is 0. The molecule has 0 fully saturated rings. The first-order valence-electron chi connectivity index (χ1n) is 16.5. The first-order chi connectivity index (χ1) is 26.6.